The number of aromatic hydroxyl groups is 1. The molecule has 4 nitrogen and oxygen atoms in total. The maximum absolute atomic E-state index is 11.9. The predicted octanol–water partition coefficient (Wildman–Crippen LogP) is 3.35. The van der Waals surface area contributed by atoms with Crippen LogP contribution in [0, 0.1) is 8.99 Å². The first-order valence-corrected chi connectivity index (χ1v) is 6.68. The Morgan fingerprint density at radius 2 is 2.06 bits per heavy atom. The van der Waals surface area contributed by atoms with E-state index in [-0.39, 0.29) is 11.7 Å². The van der Waals surface area contributed by atoms with Crippen molar-refractivity contribution in [2.75, 3.05) is 7.11 Å². The summed E-state index contributed by atoms with van der Waals surface area (Å²) in [6, 6.07) is 3.10. The van der Waals surface area contributed by atoms with E-state index in [0.29, 0.717) is 21.5 Å². The molecule has 1 N–H and O–H groups in total. The number of benzene rings is 1. The van der Waals surface area contributed by atoms with E-state index in [1.165, 1.54) is 13.2 Å². The number of rotatable bonds is 4. The van der Waals surface area contributed by atoms with Crippen LogP contribution in [-0.2, 0) is 4.79 Å². The minimum absolute atomic E-state index is 0.0488. The molecule has 5 heteroatoms. The molecule has 0 spiro atoms. The zero-order valence-corrected chi connectivity index (χ0v) is 13.1. The molecule has 0 unspecified atom stereocenters. The summed E-state index contributed by atoms with van der Waals surface area (Å²) in [5.41, 5.74) is -0.531. The molecule has 1 rings (SSSR count). The Hall–Kier alpha value is -0.980. The molecule has 0 aliphatic heterocycles. The number of carbonyl (C=O) groups is 1. The molecule has 100 valence electrons. The standard InChI is InChI=1S/C13H17IO4/c1-5-13(2,3)12(16)18-8-6-9(14)11(15)10(7-8)17-4/h6-7,15H,5H2,1-4H3. The molecular formula is C13H17IO4. The minimum atomic E-state index is -0.531. The van der Waals surface area contributed by atoms with Gasteiger partial charge in [0.05, 0.1) is 16.1 Å². The van der Waals surface area contributed by atoms with Gasteiger partial charge in [0, 0.05) is 6.07 Å². The van der Waals surface area contributed by atoms with E-state index in [4.69, 9.17) is 9.47 Å². The van der Waals surface area contributed by atoms with Crippen molar-refractivity contribution in [1.82, 2.24) is 0 Å². The number of hydrogen-bond acceptors (Lipinski definition) is 4. The number of halogens is 1. The zero-order valence-electron chi connectivity index (χ0n) is 10.9. The van der Waals surface area contributed by atoms with E-state index in [0.717, 1.165) is 0 Å². The molecule has 0 amide bonds. The average molecular weight is 364 g/mol. The van der Waals surface area contributed by atoms with Crippen molar-refractivity contribution in [2.45, 2.75) is 27.2 Å². The highest BCUT2D eigenvalue weighted by Crippen LogP contribution is 2.36. The summed E-state index contributed by atoms with van der Waals surface area (Å²) in [5, 5.41) is 9.69. The van der Waals surface area contributed by atoms with Crippen LogP contribution in [0.4, 0.5) is 0 Å². The number of methoxy groups -OCH3 is 1. The lowest BCUT2D eigenvalue weighted by atomic mass is 9.91. The van der Waals surface area contributed by atoms with Gasteiger partial charge < -0.3 is 14.6 Å². The SMILES string of the molecule is CCC(C)(C)C(=O)Oc1cc(I)c(O)c(OC)c1. The minimum Gasteiger partial charge on any atom is -0.504 e. The van der Waals surface area contributed by atoms with Gasteiger partial charge >= 0.3 is 5.97 Å². The Morgan fingerprint density at radius 3 is 2.56 bits per heavy atom. The third kappa shape index (κ3) is 3.28. The molecule has 0 heterocycles. The van der Waals surface area contributed by atoms with Crippen molar-refractivity contribution in [3.63, 3.8) is 0 Å². The second-order valence-electron chi connectivity index (χ2n) is 4.58. The highest BCUT2D eigenvalue weighted by Gasteiger charge is 2.28. The second-order valence-corrected chi connectivity index (χ2v) is 5.75. The first kappa shape index (κ1) is 15.1. The summed E-state index contributed by atoms with van der Waals surface area (Å²) in [7, 11) is 1.45. The summed E-state index contributed by atoms with van der Waals surface area (Å²) in [6.45, 7) is 5.60. The van der Waals surface area contributed by atoms with Gasteiger partial charge in [0.25, 0.3) is 0 Å². The van der Waals surface area contributed by atoms with Gasteiger partial charge in [-0.1, -0.05) is 6.92 Å². The third-order valence-corrected chi connectivity index (χ3v) is 3.69. The Kier molecular flexibility index (Phi) is 4.84. The van der Waals surface area contributed by atoms with Crippen LogP contribution < -0.4 is 9.47 Å². The molecule has 0 fully saturated rings. The fourth-order valence-electron chi connectivity index (χ4n) is 1.15. The van der Waals surface area contributed by atoms with Crippen molar-refractivity contribution in [1.29, 1.82) is 0 Å². The quantitative estimate of drug-likeness (QED) is 0.506. The van der Waals surface area contributed by atoms with Crippen molar-refractivity contribution in [2.24, 2.45) is 5.41 Å². The lowest BCUT2D eigenvalue weighted by molar-refractivity contribution is -0.144. The van der Waals surface area contributed by atoms with Gasteiger partial charge in [0.2, 0.25) is 0 Å². The normalized spacial score (nSPS) is 11.2. The van der Waals surface area contributed by atoms with Crippen LogP contribution in [0.1, 0.15) is 27.2 Å². The monoisotopic (exact) mass is 364 g/mol. The topological polar surface area (TPSA) is 55.8 Å². The van der Waals surface area contributed by atoms with E-state index in [2.05, 4.69) is 0 Å². The van der Waals surface area contributed by atoms with Gasteiger partial charge in [-0.15, -0.1) is 0 Å². The van der Waals surface area contributed by atoms with Gasteiger partial charge in [-0.25, -0.2) is 0 Å². The van der Waals surface area contributed by atoms with Crippen molar-refractivity contribution >= 4 is 28.6 Å². The number of carbonyl (C=O) groups excluding carboxylic acids is 1. The lowest BCUT2D eigenvalue weighted by Crippen LogP contribution is -2.28. The maximum atomic E-state index is 11.9. The molecule has 0 aliphatic carbocycles. The van der Waals surface area contributed by atoms with Gasteiger partial charge in [-0.2, -0.15) is 0 Å². The molecule has 0 bridgehead atoms. The van der Waals surface area contributed by atoms with Crippen molar-refractivity contribution in [3.8, 4) is 17.2 Å². The fourth-order valence-corrected chi connectivity index (χ4v) is 1.73. The number of phenolic OH excluding ortho intramolecular Hbond substituents is 1. The van der Waals surface area contributed by atoms with Crippen LogP contribution in [0.5, 0.6) is 17.2 Å². The zero-order chi connectivity index (χ0) is 13.9. The van der Waals surface area contributed by atoms with E-state index in [1.54, 1.807) is 6.07 Å². The molecule has 0 saturated carbocycles. The highest BCUT2D eigenvalue weighted by molar-refractivity contribution is 14.1. The van der Waals surface area contributed by atoms with Crippen LogP contribution in [0.25, 0.3) is 0 Å². The summed E-state index contributed by atoms with van der Waals surface area (Å²) in [6.07, 6.45) is 0.693. The number of ether oxygens (including phenoxy) is 2. The van der Waals surface area contributed by atoms with Crippen LogP contribution in [-0.4, -0.2) is 18.2 Å². The molecule has 0 aromatic heterocycles. The Labute approximate surface area is 120 Å². The number of phenols is 1. The molecule has 0 aliphatic rings. The van der Waals surface area contributed by atoms with Crippen molar-refractivity contribution in [3.05, 3.63) is 15.7 Å². The molecular weight excluding hydrogens is 347 g/mol. The molecule has 1 aromatic carbocycles. The van der Waals surface area contributed by atoms with Gasteiger partial charge in [-0.05, 0) is 48.9 Å². The van der Waals surface area contributed by atoms with Crippen LogP contribution in [0.3, 0.4) is 0 Å². The summed E-state index contributed by atoms with van der Waals surface area (Å²) in [4.78, 5) is 11.9. The lowest BCUT2D eigenvalue weighted by Gasteiger charge is -2.20. The Bertz CT molecular complexity index is 455. The van der Waals surface area contributed by atoms with Crippen LogP contribution in [0.2, 0.25) is 0 Å². The molecule has 18 heavy (non-hydrogen) atoms. The van der Waals surface area contributed by atoms with Gasteiger partial charge in [0.1, 0.15) is 5.75 Å². The first-order chi connectivity index (χ1) is 8.31. The first-order valence-electron chi connectivity index (χ1n) is 5.60. The smallest absolute Gasteiger partial charge is 0.316 e. The van der Waals surface area contributed by atoms with E-state index in [9.17, 15) is 9.90 Å². The Morgan fingerprint density at radius 1 is 1.44 bits per heavy atom. The van der Waals surface area contributed by atoms with Crippen molar-refractivity contribution < 1.29 is 19.4 Å². The van der Waals surface area contributed by atoms with Crippen LogP contribution >= 0.6 is 22.6 Å². The van der Waals surface area contributed by atoms with E-state index >= 15 is 0 Å². The summed E-state index contributed by atoms with van der Waals surface area (Å²) >= 11 is 1.95. The van der Waals surface area contributed by atoms with E-state index < -0.39 is 5.41 Å². The second kappa shape index (κ2) is 5.77. The average Bonchev–Trinajstić information content (AvgIpc) is 2.33. The maximum Gasteiger partial charge on any atom is 0.316 e. The highest BCUT2D eigenvalue weighted by atomic mass is 127. The summed E-state index contributed by atoms with van der Waals surface area (Å²) < 4.78 is 10.9. The van der Waals surface area contributed by atoms with Gasteiger partial charge in [-0.3, -0.25) is 4.79 Å². The molecule has 1 aromatic rings. The number of esters is 1. The molecule has 0 atom stereocenters. The Balaban J connectivity index is 2.99. The van der Waals surface area contributed by atoms with Crippen LogP contribution in [0.15, 0.2) is 12.1 Å². The predicted molar refractivity (Wildman–Crippen MR) is 77.1 cm³/mol. The fraction of sp³-hybridized carbons (Fsp3) is 0.462. The third-order valence-electron chi connectivity index (χ3n) is 2.87. The molecule has 0 radical (unpaired) electrons. The van der Waals surface area contributed by atoms with E-state index in [1.807, 2.05) is 43.4 Å². The number of hydrogen-bond donors (Lipinski definition) is 1. The molecule has 0 saturated heterocycles. The summed E-state index contributed by atoms with van der Waals surface area (Å²) in [5.74, 6) is 0.417. The van der Waals surface area contributed by atoms with Gasteiger partial charge in [0.15, 0.2) is 11.5 Å². The largest absolute Gasteiger partial charge is 0.504 e.